The third kappa shape index (κ3) is 5.48. The number of amides is 1. The van der Waals surface area contributed by atoms with Crippen LogP contribution in [0.2, 0.25) is 0 Å². The first-order valence-electron chi connectivity index (χ1n) is 11.3. The summed E-state index contributed by atoms with van der Waals surface area (Å²) in [6.07, 6.45) is 0. The van der Waals surface area contributed by atoms with E-state index < -0.39 is 0 Å². The number of halogens is 1. The fraction of sp³-hybridized carbons (Fsp3) is 0.222. The lowest BCUT2D eigenvalue weighted by atomic mass is 10.1. The standard InChI is InChI=1S/C27H27FN4O3/c1-17-14-19(4-10-23(17)28)16-30-21-7-11-24-25(15-21)32(13-12-29-18(2)33)27(34)26(31-24)20-5-8-22(35-3)9-6-20/h4-11,14-15,30H,12-13,16H2,1-3H3,(H,29,33). The number of fused-ring (bicyclic) bond motifs is 1. The van der Waals surface area contributed by atoms with Crippen LogP contribution >= 0.6 is 0 Å². The first-order chi connectivity index (χ1) is 16.9. The highest BCUT2D eigenvalue weighted by atomic mass is 19.1. The Morgan fingerprint density at radius 1 is 1.09 bits per heavy atom. The predicted octanol–water partition coefficient (Wildman–Crippen LogP) is 4.27. The molecule has 180 valence electrons. The van der Waals surface area contributed by atoms with Gasteiger partial charge in [0, 0.05) is 37.8 Å². The van der Waals surface area contributed by atoms with Crippen LogP contribution in [0.3, 0.4) is 0 Å². The van der Waals surface area contributed by atoms with Crippen molar-refractivity contribution < 1.29 is 13.9 Å². The van der Waals surface area contributed by atoms with Crippen LogP contribution in [0.15, 0.2) is 65.5 Å². The summed E-state index contributed by atoms with van der Waals surface area (Å²) < 4.78 is 20.4. The number of nitrogens with one attached hydrogen (secondary N) is 2. The molecule has 4 aromatic rings. The molecule has 2 N–H and O–H groups in total. The molecule has 0 aliphatic rings. The van der Waals surface area contributed by atoms with E-state index in [0.717, 1.165) is 11.3 Å². The van der Waals surface area contributed by atoms with Gasteiger partial charge >= 0.3 is 0 Å². The van der Waals surface area contributed by atoms with Gasteiger partial charge in [0.2, 0.25) is 5.91 Å². The van der Waals surface area contributed by atoms with E-state index in [1.807, 2.05) is 18.2 Å². The Morgan fingerprint density at radius 3 is 2.54 bits per heavy atom. The summed E-state index contributed by atoms with van der Waals surface area (Å²) in [5, 5.41) is 6.08. The normalized spacial score (nSPS) is 10.9. The van der Waals surface area contributed by atoms with Crippen molar-refractivity contribution in [3.05, 3.63) is 88.0 Å². The topological polar surface area (TPSA) is 85.2 Å². The van der Waals surface area contributed by atoms with Gasteiger partial charge in [-0.15, -0.1) is 0 Å². The van der Waals surface area contributed by atoms with E-state index in [9.17, 15) is 14.0 Å². The van der Waals surface area contributed by atoms with Crippen molar-refractivity contribution in [2.45, 2.75) is 26.9 Å². The molecule has 7 nitrogen and oxygen atoms in total. The van der Waals surface area contributed by atoms with Crippen LogP contribution in [0.1, 0.15) is 18.1 Å². The van der Waals surface area contributed by atoms with E-state index in [0.29, 0.717) is 53.2 Å². The molecule has 0 saturated carbocycles. The fourth-order valence-corrected chi connectivity index (χ4v) is 3.87. The Bertz CT molecular complexity index is 1430. The van der Waals surface area contributed by atoms with Crippen molar-refractivity contribution >= 4 is 22.6 Å². The maximum atomic E-state index is 13.6. The lowest BCUT2D eigenvalue weighted by molar-refractivity contribution is -0.118. The van der Waals surface area contributed by atoms with Gasteiger partial charge in [-0.1, -0.05) is 12.1 Å². The van der Waals surface area contributed by atoms with Gasteiger partial charge in [-0.25, -0.2) is 9.37 Å². The summed E-state index contributed by atoms with van der Waals surface area (Å²) in [4.78, 5) is 29.5. The average Bonchev–Trinajstić information content (AvgIpc) is 2.85. The van der Waals surface area contributed by atoms with E-state index in [4.69, 9.17) is 4.74 Å². The van der Waals surface area contributed by atoms with Gasteiger partial charge in [-0.05, 0) is 66.6 Å². The van der Waals surface area contributed by atoms with E-state index >= 15 is 0 Å². The number of benzene rings is 3. The van der Waals surface area contributed by atoms with Gasteiger partial charge in [0.25, 0.3) is 5.56 Å². The van der Waals surface area contributed by atoms with E-state index in [2.05, 4.69) is 15.6 Å². The highest BCUT2D eigenvalue weighted by Crippen LogP contribution is 2.23. The summed E-state index contributed by atoms with van der Waals surface area (Å²) in [6, 6.07) is 17.8. The molecule has 0 aliphatic carbocycles. The highest BCUT2D eigenvalue weighted by molar-refractivity contribution is 5.81. The molecule has 0 aliphatic heterocycles. The minimum atomic E-state index is -0.251. The Labute approximate surface area is 202 Å². The number of hydrogen-bond acceptors (Lipinski definition) is 5. The Hall–Kier alpha value is -4.20. The molecular formula is C27H27FN4O3. The van der Waals surface area contributed by atoms with Crippen LogP contribution in [-0.4, -0.2) is 29.1 Å². The number of anilines is 1. The largest absolute Gasteiger partial charge is 0.497 e. The molecule has 0 bridgehead atoms. The first kappa shape index (κ1) is 23.9. The number of carbonyl (C=O) groups excluding carboxylic acids is 1. The van der Waals surface area contributed by atoms with Crippen LogP contribution in [0, 0.1) is 12.7 Å². The summed E-state index contributed by atoms with van der Waals surface area (Å²) >= 11 is 0. The SMILES string of the molecule is COc1ccc(-c2nc3ccc(NCc4ccc(F)c(C)c4)cc3n(CCNC(C)=O)c2=O)cc1. The molecule has 0 spiro atoms. The fourth-order valence-electron chi connectivity index (χ4n) is 3.87. The molecule has 35 heavy (non-hydrogen) atoms. The van der Waals surface area contributed by atoms with Crippen molar-refractivity contribution in [1.82, 2.24) is 14.9 Å². The minimum absolute atomic E-state index is 0.163. The van der Waals surface area contributed by atoms with Gasteiger partial charge in [-0.3, -0.25) is 9.59 Å². The van der Waals surface area contributed by atoms with Gasteiger partial charge < -0.3 is 19.9 Å². The lowest BCUT2D eigenvalue weighted by Gasteiger charge is -2.15. The second-order valence-electron chi connectivity index (χ2n) is 8.27. The Kier molecular flexibility index (Phi) is 7.10. The number of methoxy groups -OCH3 is 1. The van der Waals surface area contributed by atoms with E-state index in [1.165, 1.54) is 13.0 Å². The van der Waals surface area contributed by atoms with Gasteiger partial charge in [-0.2, -0.15) is 0 Å². The molecule has 4 rings (SSSR count). The molecule has 1 amide bonds. The molecule has 1 heterocycles. The monoisotopic (exact) mass is 474 g/mol. The summed E-state index contributed by atoms with van der Waals surface area (Å²) in [5.41, 5.74) is 4.39. The summed E-state index contributed by atoms with van der Waals surface area (Å²) in [6.45, 7) is 4.27. The molecule has 0 radical (unpaired) electrons. The highest BCUT2D eigenvalue weighted by Gasteiger charge is 2.14. The Morgan fingerprint density at radius 2 is 1.86 bits per heavy atom. The zero-order chi connectivity index (χ0) is 24.9. The molecule has 0 saturated heterocycles. The number of aromatic nitrogens is 2. The zero-order valence-corrected chi connectivity index (χ0v) is 19.9. The average molecular weight is 475 g/mol. The maximum Gasteiger partial charge on any atom is 0.277 e. The van der Waals surface area contributed by atoms with Crippen LogP contribution in [0.25, 0.3) is 22.3 Å². The van der Waals surface area contributed by atoms with Crippen molar-refractivity contribution in [2.75, 3.05) is 19.0 Å². The van der Waals surface area contributed by atoms with Crippen molar-refractivity contribution in [2.24, 2.45) is 0 Å². The maximum absolute atomic E-state index is 13.6. The van der Waals surface area contributed by atoms with Crippen molar-refractivity contribution in [3.63, 3.8) is 0 Å². The quantitative estimate of drug-likeness (QED) is 0.399. The van der Waals surface area contributed by atoms with Crippen LogP contribution in [-0.2, 0) is 17.9 Å². The number of aryl methyl sites for hydroxylation is 1. The second kappa shape index (κ2) is 10.4. The van der Waals surface area contributed by atoms with Crippen LogP contribution in [0.5, 0.6) is 5.75 Å². The lowest BCUT2D eigenvalue weighted by Crippen LogP contribution is -2.31. The number of ether oxygens (including phenoxy) is 1. The van der Waals surface area contributed by atoms with Gasteiger partial charge in [0.15, 0.2) is 0 Å². The third-order valence-electron chi connectivity index (χ3n) is 5.74. The molecule has 3 aromatic carbocycles. The molecule has 1 aromatic heterocycles. The van der Waals surface area contributed by atoms with E-state index in [1.54, 1.807) is 55.0 Å². The molecular weight excluding hydrogens is 447 g/mol. The summed E-state index contributed by atoms with van der Waals surface area (Å²) in [5.74, 6) is 0.290. The predicted molar refractivity (Wildman–Crippen MR) is 135 cm³/mol. The number of nitrogens with zero attached hydrogens (tertiary/aromatic N) is 2. The smallest absolute Gasteiger partial charge is 0.277 e. The number of carbonyl (C=O) groups is 1. The molecule has 8 heteroatoms. The molecule has 0 unspecified atom stereocenters. The minimum Gasteiger partial charge on any atom is -0.497 e. The van der Waals surface area contributed by atoms with Gasteiger partial charge in [0.05, 0.1) is 18.1 Å². The van der Waals surface area contributed by atoms with Crippen LogP contribution in [0.4, 0.5) is 10.1 Å². The van der Waals surface area contributed by atoms with Crippen molar-refractivity contribution in [1.29, 1.82) is 0 Å². The third-order valence-corrected chi connectivity index (χ3v) is 5.74. The summed E-state index contributed by atoms with van der Waals surface area (Å²) in [7, 11) is 1.58. The first-order valence-corrected chi connectivity index (χ1v) is 11.3. The van der Waals surface area contributed by atoms with Crippen molar-refractivity contribution in [3.8, 4) is 17.0 Å². The Balaban J connectivity index is 1.71. The zero-order valence-electron chi connectivity index (χ0n) is 19.9. The van der Waals surface area contributed by atoms with Gasteiger partial charge in [0.1, 0.15) is 17.3 Å². The number of rotatable bonds is 8. The second-order valence-corrected chi connectivity index (χ2v) is 8.27. The van der Waals surface area contributed by atoms with E-state index in [-0.39, 0.29) is 17.3 Å². The van der Waals surface area contributed by atoms with Crippen LogP contribution < -0.4 is 20.9 Å². The number of hydrogen-bond donors (Lipinski definition) is 2. The molecule has 0 atom stereocenters. The molecule has 0 fully saturated rings.